The second kappa shape index (κ2) is 15.1. The summed E-state index contributed by atoms with van der Waals surface area (Å²) in [5.41, 5.74) is -0.462. The average molecular weight is 522 g/mol. The summed E-state index contributed by atoms with van der Waals surface area (Å²) in [6, 6.07) is 7.53. The van der Waals surface area contributed by atoms with Gasteiger partial charge in [0.25, 0.3) is 0 Å². The van der Waals surface area contributed by atoms with Crippen LogP contribution in [0.4, 0.5) is 4.79 Å². The zero-order valence-corrected chi connectivity index (χ0v) is 24.1. The lowest BCUT2D eigenvalue weighted by molar-refractivity contribution is -0.142. The number of nitrogens with zero attached hydrogens (tertiary/aromatic N) is 1. The van der Waals surface area contributed by atoms with Gasteiger partial charge in [0, 0.05) is 17.8 Å². The average Bonchev–Trinajstić information content (AvgIpc) is 2.76. The Balaban J connectivity index is 3.28. The summed E-state index contributed by atoms with van der Waals surface area (Å²) < 4.78 is 5.36. The van der Waals surface area contributed by atoms with Gasteiger partial charge in [-0.3, -0.25) is 9.59 Å². The first-order chi connectivity index (χ1) is 16.8. The number of unbranched alkanes of at least 4 members (excludes halogenated alkanes) is 5. The number of carbonyl (C=O) groups excluding carboxylic acids is 3. The zero-order valence-electron chi connectivity index (χ0n) is 23.2. The van der Waals surface area contributed by atoms with Crippen molar-refractivity contribution in [1.29, 1.82) is 0 Å². The molecule has 204 valence electrons. The SMILES string of the molecule is CCCCCCCCN(C(=O)C(CS)NC(=O)OC(C)(C)C)C(C(=O)NC(C)(C)C)c1ccccc1. The molecule has 0 saturated heterocycles. The lowest BCUT2D eigenvalue weighted by Crippen LogP contribution is -2.55. The van der Waals surface area contributed by atoms with Crippen LogP contribution >= 0.6 is 12.6 Å². The van der Waals surface area contributed by atoms with Crippen LogP contribution in [0.5, 0.6) is 0 Å². The summed E-state index contributed by atoms with van der Waals surface area (Å²) >= 11 is 4.34. The lowest BCUT2D eigenvalue weighted by atomic mass is 10.00. The Bertz CT molecular complexity index is 818. The van der Waals surface area contributed by atoms with Crippen molar-refractivity contribution < 1.29 is 19.1 Å². The van der Waals surface area contributed by atoms with Crippen LogP contribution < -0.4 is 10.6 Å². The van der Waals surface area contributed by atoms with E-state index in [4.69, 9.17) is 4.74 Å². The highest BCUT2D eigenvalue weighted by Gasteiger charge is 2.36. The van der Waals surface area contributed by atoms with E-state index in [2.05, 4.69) is 30.2 Å². The van der Waals surface area contributed by atoms with E-state index in [-0.39, 0.29) is 17.6 Å². The van der Waals surface area contributed by atoms with Crippen LogP contribution in [0, 0.1) is 0 Å². The molecule has 0 spiro atoms. The minimum Gasteiger partial charge on any atom is -0.444 e. The topological polar surface area (TPSA) is 87.7 Å². The van der Waals surface area contributed by atoms with E-state index in [1.54, 1.807) is 25.7 Å². The molecule has 0 radical (unpaired) electrons. The van der Waals surface area contributed by atoms with E-state index in [0.717, 1.165) is 32.1 Å². The highest BCUT2D eigenvalue weighted by atomic mass is 32.1. The fourth-order valence-electron chi connectivity index (χ4n) is 3.81. The summed E-state index contributed by atoms with van der Waals surface area (Å²) in [5, 5.41) is 5.69. The van der Waals surface area contributed by atoms with Gasteiger partial charge < -0.3 is 20.3 Å². The molecule has 1 aromatic rings. The van der Waals surface area contributed by atoms with E-state index in [0.29, 0.717) is 12.1 Å². The first-order valence-electron chi connectivity index (χ1n) is 13.1. The molecule has 7 nitrogen and oxygen atoms in total. The number of ether oxygens (including phenoxy) is 1. The minimum atomic E-state index is -0.933. The van der Waals surface area contributed by atoms with Gasteiger partial charge in [0.05, 0.1) is 0 Å². The third kappa shape index (κ3) is 12.2. The van der Waals surface area contributed by atoms with Crippen LogP contribution in [0.15, 0.2) is 30.3 Å². The summed E-state index contributed by atoms with van der Waals surface area (Å²) in [5.74, 6) is -0.543. The molecule has 0 aliphatic carbocycles. The normalized spacial score (nSPS) is 13.4. The smallest absolute Gasteiger partial charge is 0.408 e. The quantitative estimate of drug-likeness (QED) is 0.231. The first kappa shape index (κ1) is 31.8. The van der Waals surface area contributed by atoms with Gasteiger partial charge in [-0.2, -0.15) is 12.6 Å². The van der Waals surface area contributed by atoms with Crippen LogP contribution in [0.3, 0.4) is 0 Å². The second-order valence-corrected chi connectivity index (χ2v) is 11.6. The summed E-state index contributed by atoms with van der Waals surface area (Å²) in [6.45, 7) is 13.6. The fraction of sp³-hybridized carbons (Fsp3) is 0.679. The Morgan fingerprint density at radius 3 is 2.06 bits per heavy atom. The van der Waals surface area contributed by atoms with Crippen LogP contribution in [0.2, 0.25) is 0 Å². The monoisotopic (exact) mass is 521 g/mol. The molecule has 2 N–H and O–H groups in total. The number of amides is 3. The number of thiol groups is 1. The van der Waals surface area contributed by atoms with Crippen molar-refractivity contribution in [2.24, 2.45) is 0 Å². The second-order valence-electron chi connectivity index (χ2n) is 11.2. The molecule has 0 bridgehead atoms. The lowest BCUT2D eigenvalue weighted by Gasteiger charge is -2.36. The third-order valence-corrected chi connectivity index (χ3v) is 5.75. The summed E-state index contributed by atoms with van der Waals surface area (Å²) in [7, 11) is 0. The molecule has 0 aromatic heterocycles. The van der Waals surface area contributed by atoms with E-state index >= 15 is 0 Å². The molecule has 1 rings (SSSR count). The summed E-state index contributed by atoms with van der Waals surface area (Å²) in [6.07, 6.45) is 5.59. The number of alkyl carbamates (subject to hydrolysis) is 1. The number of benzene rings is 1. The standard InChI is InChI=1S/C28H47N3O4S/c1-8-9-10-11-12-16-19-31(25(33)22(20-36)29-26(34)35-28(5,6)7)23(21-17-14-13-15-18-21)24(32)30-27(2,3)4/h13-15,17-18,22-23,36H,8-12,16,19-20H2,1-7H3,(H,29,34)(H,30,32). The molecule has 0 fully saturated rings. The largest absolute Gasteiger partial charge is 0.444 e. The van der Waals surface area contributed by atoms with Gasteiger partial charge >= 0.3 is 6.09 Å². The fourth-order valence-corrected chi connectivity index (χ4v) is 4.06. The van der Waals surface area contributed by atoms with Crippen LogP contribution in [-0.2, 0) is 14.3 Å². The van der Waals surface area contributed by atoms with Crippen molar-refractivity contribution in [3.8, 4) is 0 Å². The highest BCUT2D eigenvalue weighted by molar-refractivity contribution is 7.80. The maximum Gasteiger partial charge on any atom is 0.408 e. The van der Waals surface area contributed by atoms with Gasteiger partial charge in [0.2, 0.25) is 11.8 Å². The zero-order chi connectivity index (χ0) is 27.4. The van der Waals surface area contributed by atoms with Gasteiger partial charge in [0.15, 0.2) is 0 Å². The van der Waals surface area contributed by atoms with Gasteiger partial charge in [0.1, 0.15) is 17.7 Å². The molecular weight excluding hydrogens is 474 g/mol. The molecular formula is C28H47N3O4S. The number of nitrogens with one attached hydrogen (secondary N) is 2. The molecule has 0 heterocycles. The Morgan fingerprint density at radius 1 is 0.944 bits per heavy atom. The van der Waals surface area contributed by atoms with Crippen molar-refractivity contribution in [3.05, 3.63) is 35.9 Å². The van der Waals surface area contributed by atoms with Crippen molar-refractivity contribution in [3.63, 3.8) is 0 Å². The number of rotatable bonds is 13. The molecule has 1 aromatic carbocycles. The van der Waals surface area contributed by atoms with Crippen molar-refractivity contribution >= 4 is 30.5 Å². The van der Waals surface area contributed by atoms with E-state index in [1.807, 2.05) is 51.1 Å². The van der Waals surface area contributed by atoms with Gasteiger partial charge in [-0.05, 0) is 53.5 Å². The highest BCUT2D eigenvalue weighted by Crippen LogP contribution is 2.25. The van der Waals surface area contributed by atoms with E-state index in [9.17, 15) is 14.4 Å². The van der Waals surface area contributed by atoms with Crippen molar-refractivity contribution in [2.75, 3.05) is 12.3 Å². The maximum atomic E-state index is 13.9. The van der Waals surface area contributed by atoms with Crippen LogP contribution in [0.25, 0.3) is 0 Å². The Morgan fingerprint density at radius 2 is 1.53 bits per heavy atom. The third-order valence-electron chi connectivity index (χ3n) is 5.38. The number of hydrogen-bond acceptors (Lipinski definition) is 5. The Kier molecular flexibility index (Phi) is 13.4. The first-order valence-corrected chi connectivity index (χ1v) is 13.7. The predicted octanol–water partition coefficient (Wildman–Crippen LogP) is 5.65. The Hall–Kier alpha value is -2.22. The van der Waals surface area contributed by atoms with Crippen LogP contribution in [0.1, 0.15) is 98.6 Å². The number of hydrogen-bond donors (Lipinski definition) is 3. The van der Waals surface area contributed by atoms with Gasteiger partial charge in [-0.1, -0.05) is 69.4 Å². The number of carbonyl (C=O) groups is 3. The van der Waals surface area contributed by atoms with Crippen LogP contribution in [-0.4, -0.2) is 52.3 Å². The molecule has 36 heavy (non-hydrogen) atoms. The summed E-state index contributed by atoms with van der Waals surface area (Å²) in [4.78, 5) is 41.5. The van der Waals surface area contributed by atoms with Crippen molar-refractivity contribution in [1.82, 2.24) is 15.5 Å². The Labute approximate surface area is 223 Å². The molecule has 3 amide bonds. The van der Waals surface area contributed by atoms with E-state index in [1.165, 1.54) is 6.42 Å². The molecule has 2 unspecified atom stereocenters. The predicted molar refractivity (Wildman–Crippen MR) is 149 cm³/mol. The minimum absolute atomic E-state index is 0.0769. The van der Waals surface area contributed by atoms with E-state index < -0.39 is 29.3 Å². The molecule has 0 aliphatic rings. The molecule has 8 heteroatoms. The maximum absolute atomic E-state index is 13.9. The van der Waals surface area contributed by atoms with Gasteiger partial charge in [-0.15, -0.1) is 0 Å². The molecule has 2 atom stereocenters. The molecule has 0 aliphatic heterocycles. The van der Waals surface area contributed by atoms with Crippen molar-refractivity contribution in [2.45, 2.75) is 110 Å². The van der Waals surface area contributed by atoms with Gasteiger partial charge in [-0.25, -0.2) is 4.79 Å². The molecule has 0 saturated carbocycles.